The molecule has 1 N–H and O–H groups in total. The van der Waals surface area contributed by atoms with Crippen molar-refractivity contribution in [2.24, 2.45) is 5.92 Å². The number of benzene rings is 1. The summed E-state index contributed by atoms with van der Waals surface area (Å²) in [7, 11) is 0. The van der Waals surface area contributed by atoms with E-state index in [9.17, 15) is 9.59 Å². The van der Waals surface area contributed by atoms with Crippen molar-refractivity contribution in [3.63, 3.8) is 0 Å². The lowest BCUT2D eigenvalue weighted by Gasteiger charge is -2.37. The van der Waals surface area contributed by atoms with Crippen molar-refractivity contribution in [1.29, 1.82) is 0 Å². The van der Waals surface area contributed by atoms with Crippen LogP contribution in [0.1, 0.15) is 56.0 Å². The maximum absolute atomic E-state index is 12.9. The van der Waals surface area contributed by atoms with E-state index in [0.717, 1.165) is 24.9 Å². The number of piperidine rings is 1. The summed E-state index contributed by atoms with van der Waals surface area (Å²) in [6.45, 7) is 8.80. The number of nitrogens with zero attached hydrogens (tertiary/aromatic N) is 1. The van der Waals surface area contributed by atoms with Crippen molar-refractivity contribution in [3.05, 3.63) is 35.4 Å². The molecular formula is C19H28N2O2. The second-order valence-corrected chi connectivity index (χ2v) is 6.94. The average molecular weight is 316 g/mol. The Labute approximate surface area is 139 Å². The molecule has 1 fully saturated rings. The van der Waals surface area contributed by atoms with E-state index in [-0.39, 0.29) is 23.8 Å². The van der Waals surface area contributed by atoms with Crippen molar-refractivity contribution >= 4 is 11.8 Å². The summed E-state index contributed by atoms with van der Waals surface area (Å²) in [5.74, 6) is -0.0657. The van der Waals surface area contributed by atoms with E-state index in [2.05, 4.69) is 12.2 Å². The van der Waals surface area contributed by atoms with Crippen LogP contribution in [-0.2, 0) is 4.79 Å². The van der Waals surface area contributed by atoms with Gasteiger partial charge in [0.2, 0.25) is 5.91 Å². The summed E-state index contributed by atoms with van der Waals surface area (Å²) in [5, 5.41) is 2.95. The molecule has 4 heteroatoms. The van der Waals surface area contributed by atoms with Gasteiger partial charge in [-0.15, -0.1) is 0 Å². The quantitative estimate of drug-likeness (QED) is 0.927. The van der Waals surface area contributed by atoms with Crippen molar-refractivity contribution in [2.75, 3.05) is 6.54 Å². The van der Waals surface area contributed by atoms with Crippen LogP contribution in [0.5, 0.6) is 0 Å². The molecular weight excluding hydrogens is 288 g/mol. The lowest BCUT2D eigenvalue weighted by Crippen LogP contribution is -2.54. The normalized spacial score (nSPS) is 19.5. The third kappa shape index (κ3) is 4.34. The van der Waals surface area contributed by atoms with Gasteiger partial charge in [-0.25, -0.2) is 0 Å². The molecule has 1 aromatic carbocycles. The minimum Gasteiger partial charge on any atom is -0.340 e. The van der Waals surface area contributed by atoms with Crippen molar-refractivity contribution in [2.45, 2.75) is 59.0 Å². The predicted molar refractivity (Wildman–Crippen MR) is 92.3 cm³/mol. The molecule has 1 heterocycles. The molecule has 1 saturated heterocycles. The lowest BCUT2D eigenvalue weighted by molar-refractivity contribution is -0.137. The maximum atomic E-state index is 12.9. The van der Waals surface area contributed by atoms with Gasteiger partial charge < -0.3 is 10.2 Å². The zero-order chi connectivity index (χ0) is 17.0. The van der Waals surface area contributed by atoms with Crippen LogP contribution in [0.2, 0.25) is 0 Å². The zero-order valence-corrected chi connectivity index (χ0v) is 14.6. The molecule has 0 aromatic heterocycles. The Morgan fingerprint density at radius 1 is 1.26 bits per heavy atom. The van der Waals surface area contributed by atoms with Crippen molar-refractivity contribution in [3.8, 4) is 0 Å². The standard InChI is InChI=1S/C19H28N2O2/c1-13(2)17(19(23)21-11-6-5-9-15(21)4)20-18(22)16-10-7-8-14(3)12-16/h7-8,10,12-13,15,17H,5-6,9,11H2,1-4H3,(H,20,22). The van der Waals surface area contributed by atoms with Crippen LogP contribution in [-0.4, -0.2) is 35.3 Å². The van der Waals surface area contributed by atoms with Gasteiger partial charge in [0.1, 0.15) is 6.04 Å². The molecule has 0 radical (unpaired) electrons. The number of aryl methyl sites for hydroxylation is 1. The highest BCUT2D eigenvalue weighted by Gasteiger charge is 2.32. The Balaban J connectivity index is 2.12. The first-order valence-corrected chi connectivity index (χ1v) is 8.58. The Kier molecular flexibility index (Phi) is 5.80. The second-order valence-electron chi connectivity index (χ2n) is 6.94. The number of amides is 2. The third-order valence-corrected chi connectivity index (χ3v) is 4.59. The first kappa shape index (κ1) is 17.5. The minimum atomic E-state index is -0.469. The van der Waals surface area contributed by atoms with E-state index in [1.54, 1.807) is 6.07 Å². The summed E-state index contributed by atoms with van der Waals surface area (Å²) in [6, 6.07) is 7.24. The molecule has 126 valence electrons. The summed E-state index contributed by atoms with van der Waals surface area (Å²) in [6.07, 6.45) is 3.27. The number of likely N-dealkylation sites (tertiary alicyclic amines) is 1. The summed E-state index contributed by atoms with van der Waals surface area (Å²) in [5.41, 5.74) is 1.64. The molecule has 0 saturated carbocycles. The fourth-order valence-corrected chi connectivity index (χ4v) is 3.13. The number of carbonyl (C=O) groups excluding carboxylic acids is 2. The molecule has 2 amide bonds. The Morgan fingerprint density at radius 3 is 2.61 bits per heavy atom. The largest absolute Gasteiger partial charge is 0.340 e. The van der Waals surface area contributed by atoms with Gasteiger partial charge in [0.15, 0.2) is 0 Å². The van der Waals surface area contributed by atoms with Gasteiger partial charge >= 0.3 is 0 Å². The maximum Gasteiger partial charge on any atom is 0.251 e. The fraction of sp³-hybridized carbons (Fsp3) is 0.579. The summed E-state index contributed by atoms with van der Waals surface area (Å²) in [4.78, 5) is 27.3. The molecule has 2 atom stereocenters. The van der Waals surface area contributed by atoms with Crippen LogP contribution in [0.4, 0.5) is 0 Å². The van der Waals surface area contributed by atoms with Crippen LogP contribution in [0.15, 0.2) is 24.3 Å². The molecule has 23 heavy (non-hydrogen) atoms. The van der Waals surface area contributed by atoms with Gasteiger partial charge in [0.05, 0.1) is 0 Å². The molecule has 1 aliphatic heterocycles. The molecule has 1 aromatic rings. The van der Waals surface area contributed by atoms with Crippen molar-refractivity contribution < 1.29 is 9.59 Å². The number of rotatable bonds is 4. The van der Waals surface area contributed by atoms with E-state index in [0.29, 0.717) is 5.56 Å². The van der Waals surface area contributed by atoms with Crippen LogP contribution >= 0.6 is 0 Å². The number of carbonyl (C=O) groups is 2. The number of hydrogen-bond donors (Lipinski definition) is 1. The van der Waals surface area contributed by atoms with E-state index in [1.807, 2.05) is 43.9 Å². The third-order valence-electron chi connectivity index (χ3n) is 4.59. The SMILES string of the molecule is Cc1cccc(C(=O)NC(C(=O)N2CCCCC2C)C(C)C)c1. The monoisotopic (exact) mass is 316 g/mol. The van der Waals surface area contributed by atoms with Crippen LogP contribution in [0.3, 0.4) is 0 Å². The van der Waals surface area contributed by atoms with E-state index < -0.39 is 6.04 Å². The fourth-order valence-electron chi connectivity index (χ4n) is 3.13. The van der Waals surface area contributed by atoms with E-state index in [4.69, 9.17) is 0 Å². The molecule has 2 unspecified atom stereocenters. The van der Waals surface area contributed by atoms with Crippen molar-refractivity contribution in [1.82, 2.24) is 10.2 Å². The molecule has 0 aliphatic carbocycles. The van der Waals surface area contributed by atoms with Gasteiger partial charge in [-0.1, -0.05) is 31.5 Å². The Hall–Kier alpha value is -1.84. The topological polar surface area (TPSA) is 49.4 Å². The van der Waals surface area contributed by atoms with Crippen LogP contribution in [0.25, 0.3) is 0 Å². The van der Waals surface area contributed by atoms with Gasteiger partial charge in [0, 0.05) is 18.2 Å². The van der Waals surface area contributed by atoms with Gasteiger partial charge in [-0.05, 0) is 51.2 Å². The smallest absolute Gasteiger partial charge is 0.251 e. The van der Waals surface area contributed by atoms with E-state index in [1.165, 1.54) is 6.42 Å². The van der Waals surface area contributed by atoms with Gasteiger partial charge in [-0.2, -0.15) is 0 Å². The highest BCUT2D eigenvalue weighted by molar-refractivity contribution is 5.97. The van der Waals surface area contributed by atoms with Gasteiger partial charge in [0.25, 0.3) is 5.91 Å². The Bertz CT molecular complexity index is 568. The second kappa shape index (κ2) is 7.62. The van der Waals surface area contributed by atoms with E-state index >= 15 is 0 Å². The first-order valence-electron chi connectivity index (χ1n) is 8.58. The predicted octanol–water partition coefficient (Wildman–Crippen LogP) is 3.15. The molecule has 0 bridgehead atoms. The summed E-state index contributed by atoms with van der Waals surface area (Å²) < 4.78 is 0. The molecule has 4 nitrogen and oxygen atoms in total. The zero-order valence-electron chi connectivity index (χ0n) is 14.6. The Morgan fingerprint density at radius 2 is 2.00 bits per heavy atom. The number of nitrogens with one attached hydrogen (secondary N) is 1. The highest BCUT2D eigenvalue weighted by Crippen LogP contribution is 2.19. The number of hydrogen-bond acceptors (Lipinski definition) is 2. The highest BCUT2D eigenvalue weighted by atomic mass is 16.2. The lowest BCUT2D eigenvalue weighted by atomic mass is 9.97. The summed E-state index contributed by atoms with van der Waals surface area (Å²) >= 11 is 0. The van der Waals surface area contributed by atoms with Crippen LogP contribution in [0, 0.1) is 12.8 Å². The van der Waals surface area contributed by atoms with Gasteiger partial charge in [-0.3, -0.25) is 9.59 Å². The molecule has 2 rings (SSSR count). The van der Waals surface area contributed by atoms with Crippen LogP contribution < -0.4 is 5.32 Å². The molecule has 0 spiro atoms. The minimum absolute atomic E-state index is 0.0493. The molecule has 1 aliphatic rings. The average Bonchev–Trinajstić information content (AvgIpc) is 2.52. The first-order chi connectivity index (χ1) is 10.9.